The first-order chi connectivity index (χ1) is 7.24. The molecule has 2 N–H and O–H groups in total. The third-order valence-corrected chi connectivity index (χ3v) is 2.22. The SMILES string of the molecule is COCCOCCn1ccc(C(C)N)c1. The quantitative estimate of drug-likeness (QED) is 0.690. The average molecular weight is 212 g/mol. The topological polar surface area (TPSA) is 49.4 Å². The molecule has 0 spiro atoms. The Labute approximate surface area is 91.0 Å². The number of hydrogen-bond acceptors (Lipinski definition) is 3. The van der Waals surface area contributed by atoms with Crippen molar-refractivity contribution in [3.05, 3.63) is 24.0 Å². The summed E-state index contributed by atoms with van der Waals surface area (Å²) >= 11 is 0. The van der Waals surface area contributed by atoms with Crippen molar-refractivity contribution >= 4 is 0 Å². The Morgan fingerprint density at radius 1 is 1.40 bits per heavy atom. The highest BCUT2D eigenvalue weighted by atomic mass is 16.5. The van der Waals surface area contributed by atoms with Crippen molar-refractivity contribution < 1.29 is 9.47 Å². The molecule has 0 aromatic carbocycles. The molecule has 1 rings (SSSR count). The summed E-state index contributed by atoms with van der Waals surface area (Å²) in [6.45, 7) is 4.84. The van der Waals surface area contributed by atoms with Crippen LogP contribution in [0.15, 0.2) is 18.5 Å². The molecule has 1 aromatic heterocycles. The third-order valence-electron chi connectivity index (χ3n) is 2.22. The molecule has 1 heterocycles. The van der Waals surface area contributed by atoms with Crippen molar-refractivity contribution in [2.45, 2.75) is 19.5 Å². The van der Waals surface area contributed by atoms with E-state index in [-0.39, 0.29) is 6.04 Å². The van der Waals surface area contributed by atoms with Crippen LogP contribution in [-0.4, -0.2) is 31.5 Å². The standard InChI is InChI=1S/C11H20N2O2/c1-10(12)11-3-4-13(9-11)5-6-15-8-7-14-2/h3-4,9-10H,5-8,12H2,1-2H3. The van der Waals surface area contributed by atoms with Crippen molar-refractivity contribution in [1.29, 1.82) is 0 Å². The minimum atomic E-state index is 0.0978. The van der Waals surface area contributed by atoms with Crippen molar-refractivity contribution in [1.82, 2.24) is 4.57 Å². The Bertz CT molecular complexity index is 271. The van der Waals surface area contributed by atoms with E-state index in [0.717, 1.165) is 12.1 Å². The van der Waals surface area contributed by atoms with Crippen molar-refractivity contribution in [3.8, 4) is 0 Å². The number of nitrogens with zero attached hydrogens (tertiary/aromatic N) is 1. The van der Waals surface area contributed by atoms with Crippen LogP contribution in [0.2, 0.25) is 0 Å². The van der Waals surface area contributed by atoms with E-state index >= 15 is 0 Å². The first-order valence-electron chi connectivity index (χ1n) is 5.22. The molecule has 0 bridgehead atoms. The minimum Gasteiger partial charge on any atom is -0.382 e. The first-order valence-corrected chi connectivity index (χ1v) is 5.22. The van der Waals surface area contributed by atoms with Gasteiger partial charge in [-0.3, -0.25) is 0 Å². The second kappa shape index (κ2) is 6.61. The van der Waals surface area contributed by atoms with Crippen molar-refractivity contribution in [2.24, 2.45) is 5.73 Å². The minimum absolute atomic E-state index is 0.0978. The third kappa shape index (κ3) is 4.46. The summed E-state index contributed by atoms with van der Waals surface area (Å²) in [5.41, 5.74) is 6.92. The Morgan fingerprint density at radius 2 is 2.20 bits per heavy atom. The summed E-state index contributed by atoms with van der Waals surface area (Å²) in [5.74, 6) is 0. The van der Waals surface area contributed by atoms with Crippen LogP contribution in [0.1, 0.15) is 18.5 Å². The summed E-state index contributed by atoms with van der Waals surface area (Å²) in [5, 5.41) is 0. The van der Waals surface area contributed by atoms with Gasteiger partial charge in [0.2, 0.25) is 0 Å². The second-order valence-corrected chi connectivity index (χ2v) is 3.58. The van der Waals surface area contributed by atoms with Gasteiger partial charge in [-0.25, -0.2) is 0 Å². The number of nitrogens with two attached hydrogens (primary N) is 1. The highest BCUT2D eigenvalue weighted by Gasteiger charge is 2.00. The zero-order valence-electron chi connectivity index (χ0n) is 9.48. The predicted molar refractivity (Wildman–Crippen MR) is 59.7 cm³/mol. The summed E-state index contributed by atoms with van der Waals surface area (Å²) in [7, 11) is 1.67. The first kappa shape index (κ1) is 12.2. The summed E-state index contributed by atoms with van der Waals surface area (Å²) in [4.78, 5) is 0. The maximum absolute atomic E-state index is 5.76. The second-order valence-electron chi connectivity index (χ2n) is 3.58. The summed E-state index contributed by atoms with van der Waals surface area (Å²) < 4.78 is 12.3. The van der Waals surface area contributed by atoms with Crippen molar-refractivity contribution in [2.75, 3.05) is 26.9 Å². The van der Waals surface area contributed by atoms with Gasteiger partial charge in [0.25, 0.3) is 0 Å². The normalized spacial score (nSPS) is 13.0. The van der Waals surface area contributed by atoms with Crippen LogP contribution in [0.3, 0.4) is 0 Å². The van der Waals surface area contributed by atoms with Crippen LogP contribution in [-0.2, 0) is 16.0 Å². The molecular weight excluding hydrogens is 192 g/mol. The van der Waals surface area contributed by atoms with Gasteiger partial charge >= 0.3 is 0 Å². The molecule has 0 radical (unpaired) electrons. The monoisotopic (exact) mass is 212 g/mol. The lowest BCUT2D eigenvalue weighted by atomic mass is 10.2. The van der Waals surface area contributed by atoms with E-state index in [1.54, 1.807) is 7.11 Å². The smallest absolute Gasteiger partial charge is 0.0701 e. The molecule has 1 aromatic rings. The van der Waals surface area contributed by atoms with E-state index < -0.39 is 0 Å². The van der Waals surface area contributed by atoms with E-state index in [0.29, 0.717) is 19.8 Å². The van der Waals surface area contributed by atoms with Crippen molar-refractivity contribution in [3.63, 3.8) is 0 Å². The lowest BCUT2D eigenvalue weighted by molar-refractivity contribution is 0.0666. The molecule has 0 aliphatic carbocycles. The summed E-state index contributed by atoms with van der Waals surface area (Å²) in [6.07, 6.45) is 4.09. The molecular formula is C11H20N2O2. The lowest BCUT2D eigenvalue weighted by Gasteiger charge is -2.05. The van der Waals surface area contributed by atoms with Gasteiger partial charge in [0.05, 0.1) is 19.8 Å². The van der Waals surface area contributed by atoms with Crippen LogP contribution < -0.4 is 5.73 Å². The van der Waals surface area contributed by atoms with Gasteiger partial charge in [-0.2, -0.15) is 0 Å². The number of rotatable bonds is 7. The van der Waals surface area contributed by atoms with E-state index in [2.05, 4.69) is 10.8 Å². The van der Waals surface area contributed by atoms with Crippen LogP contribution >= 0.6 is 0 Å². The fourth-order valence-electron chi connectivity index (χ4n) is 1.28. The maximum Gasteiger partial charge on any atom is 0.0701 e. The fourth-order valence-corrected chi connectivity index (χ4v) is 1.28. The highest BCUT2D eigenvalue weighted by Crippen LogP contribution is 2.09. The largest absolute Gasteiger partial charge is 0.382 e. The van der Waals surface area contributed by atoms with Gasteiger partial charge in [-0.1, -0.05) is 0 Å². The number of methoxy groups -OCH3 is 1. The van der Waals surface area contributed by atoms with Crippen LogP contribution in [0.25, 0.3) is 0 Å². The zero-order chi connectivity index (χ0) is 11.1. The van der Waals surface area contributed by atoms with Gasteiger partial charge in [-0.15, -0.1) is 0 Å². The van der Waals surface area contributed by atoms with Gasteiger partial charge in [-0.05, 0) is 18.6 Å². The molecule has 0 fully saturated rings. The molecule has 0 aliphatic rings. The lowest BCUT2D eigenvalue weighted by Crippen LogP contribution is -2.08. The van der Waals surface area contributed by atoms with E-state index in [4.69, 9.17) is 15.2 Å². The molecule has 0 saturated carbocycles. The van der Waals surface area contributed by atoms with Crippen LogP contribution in [0.5, 0.6) is 0 Å². The molecule has 0 saturated heterocycles. The van der Waals surface area contributed by atoms with Gasteiger partial charge in [0.1, 0.15) is 0 Å². The molecule has 4 nitrogen and oxygen atoms in total. The highest BCUT2D eigenvalue weighted by molar-refractivity contribution is 5.13. The van der Waals surface area contributed by atoms with Gasteiger partial charge in [0, 0.05) is 32.1 Å². The molecule has 86 valence electrons. The summed E-state index contributed by atoms with van der Waals surface area (Å²) in [6, 6.07) is 2.14. The molecule has 4 heteroatoms. The number of aromatic nitrogens is 1. The fraction of sp³-hybridized carbons (Fsp3) is 0.636. The molecule has 15 heavy (non-hydrogen) atoms. The Morgan fingerprint density at radius 3 is 2.80 bits per heavy atom. The number of hydrogen-bond donors (Lipinski definition) is 1. The van der Waals surface area contributed by atoms with E-state index in [1.807, 2.05) is 19.2 Å². The maximum atomic E-state index is 5.76. The van der Waals surface area contributed by atoms with E-state index in [1.165, 1.54) is 0 Å². The Kier molecular flexibility index (Phi) is 5.39. The van der Waals surface area contributed by atoms with E-state index in [9.17, 15) is 0 Å². The van der Waals surface area contributed by atoms with Crippen LogP contribution in [0.4, 0.5) is 0 Å². The number of ether oxygens (including phenoxy) is 2. The Balaban J connectivity index is 2.20. The van der Waals surface area contributed by atoms with Crippen LogP contribution in [0, 0.1) is 0 Å². The van der Waals surface area contributed by atoms with Gasteiger partial charge in [0.15, 0.2) is 0 Å². The molecule has 0 aliphatic heterocycles. The molecule has 1 atom stereocenters. The Hall–Kier alpha value is -0.840. The zero-order valence-corrected chi connectivity index (χ0v) is 9.48. The molecule has 1 unspecified atom stereocenters. The molecule has 0 amide bonds. The average Bonchev–Trinajstić information content (AvgIpc) is 2.66. The predicted octanol–water partition coefficient (Wildman–Crippen LogP) is 1.17. The van der Waals surface area contributed by atoms with Gasteiger partial charge < -0.3 is 19.8 Å².